The van der Waals surface area contributed by atoms with Crippen LogP contribution in [0.5, 0.6) is 0 Å². The molecule has 0 fully saturated rings. The molecule has 14 heavy (non-hydrogen) atoms. The Labute approximate surface area is 103 Å². The molecule has 1 atom stereocenters. The van der Waals surface area contributed by atoms with Crippen molar-refractivity contribution in [3.8, 4) is 0 Å². The monoisotopic (exact) mass is 410 g/mol. The van der Waals surface area contributed by atoms with Crippen molar-refractivity contribution in [2.45, 2.75) is 13.0 Å². The first-order valence-electron chi connectivity index (χ1n) is 3.15. The van der Waals surface area contributed by atoms with Crippen LogP contribution < -0.4 is 5.73 Å². The molecular weight excluding hydrogens is 395 g/mol. The molecule has 0 saturated carbocycles. The number of hydrogen-bond donors (Lipinski definition) is 5. The van der Waals surface area contributed by atoms with E-state index in [1.165, 1.54) is 0 Å². The standard InChI is InChI=1S/C3H7NO2S.C2H4O2.CH4O.Au/c4-2(1-7)3(5)6;1-2(3)4;1-2;/h2,7H,1,4H2,(H,5,6);1H3,(H,3,4);2H,1H3;. The summed E-state index contributed by atoms with van der Waals surface area (Å²) >= 11 is 3.65. The predicted octanol–water partition coefficient (Wildman–Crippen LogP) is -0.975. The van der Waals surface area contributed by atoms with Crippen molar-refractivity contribution in [1.29, 1.82) is 0 Å². The molecule has 91 valence electrons. The number of carboxylic acids is 2. The zero-order valence-corrected chi connectivity index (χ0v) is 10.8. The molecule has 0 aliphatic carbocycles. The van der Waals surface area contributed by atoms with Crippen molar-refractivity contribution >= 4 is 24.6 Å². The Hall–Kier alpha value is -0.0497. The van der Waals surface area contributed by atoms with Crippen molar-refractivity contribution in [1.82, 2.24) is 0 Å². The summed E-state index contributed by atoms with van der Waals surface area (Å²) in [5.74, 6) is -1.65. The van der Waals surface area contributed by atoms with Gasteiger partial charge in [-0.2, -0.15) is 12.6 Å². The van der Waals surface area contributed by atoms with Crippen LogP contribution in [-0.4, -0.2) is 46.2 Å². The van der Waals surface area contributed by atoms with Gasteiger partial charge in [0, 0.05) is 42.2 Å². The number of hydrogen-bond acceptors (Lipinski definition) is 5. The van der Waals surface area contributed by atoms with E-state index in [4.69, 9.17) is 25.8 Å². The van der Waals surface area contributed by atoms with E-state index in [9.17, 15) is 4.79 Å². The molecule has 0 aromatic heterocycles. The molecule has 0 spiro atoms. The summed E-state index contributed by atoms with van der Waals surface area (Å²) in [5.41, 5.74) is 4.94. The number of thiol groups is 1. The molecule has 0 bridgehead atoms. The molecule has 0 saturated heterocycles. The molecule has 1 radical (unpaired) electrons. The second kappa shape index (κ2) is 18.7. The molecular formula is C6H15AuNO5S. The first kappa shape index (κ1) is 23.6. The van der Waals surface area contributed by atoms with Gasteiger partial charge in [0.05, 0.1) is 0 Å². The van der Waals surface area contributed by atoms with Gasteiger partial charge in [-0.3, -0.25) is 9.59 Å². The van der Waals surface area contributed by atoms with Crippen molar-refractivity contribution in [2.24, 2.45) is 5.73 Å². The first-order valence-corrected chi connectivity index (χ1v) is 3.78. The minimum absolute atomic E-state index is 0. The molecule has 0 aromatic rings. The SMILES string of the molecule is CC(=O)O.CO.NC(CS)C(=O)O.[Au]. The zero-order valence-electron chi connectivity index (χ0n) is 7.77. The van der Waals surface area contributed by atoms with Crippen molar-refractivity contribution in [3.63, 3.8) is 0 Å². The van der Waals surface area contributed by atoms with Gasteiger partial charge in [-0.1, -0.05) is 0 Å². The predicted molar refractivity (Wildman–Crippen MR) is 50.9 cm³/mol. The van der Waals surface area contributed by atoms with E-state index in [-0.39, 0.29) is 28.1 Å². The first-order chi connectivity index (χ1) is 5.91. The van der Waals surface area contributed by atoms with Crippen LogP contribution in [0.15, 0.2) is 0 Å². The van der Waals surface area contributed by atoms with Crippen LogP contribution in [-0.2, 0) is 32.0 Å². The largest absolute Gasteiger partial charge is 0.481 e. The van der Waals surface area contributed by atoms with Gasteiger partial charge in [0.15, 0.2) is 0 Å². The van der Waals surface area contributed by atoms with Crippen LogP contribution in [0.2, 0.25) is 0 Å². The molecule has 0 heterocycles. The summed E-state index contributed by atoms with van der Waals surface area (Å²) in [6, 6.07) is -0.816. The van der Waals surface area contributed by atoms with Gasteiger partial charge < -0.3 is 21.1 Å². The minimum Gasteiger partial charge on any atom is -0.481 e. The molecule has 6 nitrogen and oxygen atoms in total. The van der Waals surface area contributed by atoms with Crippen molar-refractivity contribution < 1.29 is 47.3 Å². The Morgan fingerprint density at radius 2 is 1.57 bits per heavy atom. The van der Waals surface area contributed by atoms with E-state index in [0.717, 1.165) is 14.0 Å². The Bertz CT molecular complexity index is 142. The topological polar surface area (TPSA) is 121 Å². The third-order valence-corrected chi connectivity index (χ3v) is 0.907. The van der Waals surface area contributed by atoms with E-state index in [0.29, 0.717) is 0 Å². The maximum absolute atomic E-state index is 9.76. The van der Waals surface area contributed by atoms with Gasteiger partial charge in [0.25, 0.3) is 5.97 Å². The van der Waals surface area contributed by atoms with Crippen LogP contribution in [0.3, 0.4) is 0 Å². The van der Waals surface area contributed by atoms with Gasteiger partial charge in [0.2, 0.25) is 0 Å². The van der Waals surface area contributed by atoms with E-state index in [2.05, 4.69) is 12.6 Å². The summed E-state index contributed by atoms with van der Waals surface area (Å²) in [5, 5.41) is 22.4. The Morgan fingerprint density at radius 1 is 1.36 bits per heavy atom. The minimum atomic E-state index is -1.00. The average Bonchev–Trinajstić information content (AvgIpc) is 2.05. The number of carboxylic acid groups (broad SMARTS) is 2. The zero-order chi connectivity index (χ0) is 11.4. The average molecular weight is 410 g/mol. The van der Waals surface area contributed by atoms with Crippen LogP contribution in [0.4, 0.5) is 0 Å². The van der Waals surface area contributed by atoms with Crippen LogP contribution in [0.1, 0.15) is 6.92 Å². The third kappa shape index (κ3) is 40.5. The van der Waals surface area contributed by atoms with E-state index in [1.807, 2.05) is 0 Å². The second-order valence-corrected chi connectivity index (χ2v) is 2.01. The van der Waals surface area contributed by atoms with Crippen LogP contribution in [0, 0.1) is 0 Å². The summed E-state index contributed by atoms with van der Waals surface area (Å²) in [6.07, 6.45) is 0. The normalized spacial score (nSPS) is 8.93. The Balaban J connectivity index is -0.0000000620. The van der Waals surface area contributed by atoms with Gasteiger partial charge in [-0.05, 0) is 0 Å². The van der Waals surface area contributed by atoms with Gasteiger partial charge in [-0.15, -0.1) is 0 Å². The number of carbonyl (C=O) groups is 2. The summed E-state index contributed by atoms with van der Waals surface area (Å²) in [6.45, 7) is 1.08. The van der Waals surface area contributed by atoms with Gasteiger partial charge >= 0.3 is 5.97 Å². The molecule has 0 rings (SSSR count). The fraction of sp³-hybridized carbons (Fsp3) is 0.667. The molecule has 0 aliphatic rings. The van der Waals surface area contributed by atoms with Crippen molar-refractivity contribution in [3.05, 3.63) is 0 Å². The summed E-state index contributed by atoms with van der Waals surface area (Å²) in [7, 11) is 1.00. The van der Waals surface area contributed by atoms with Crippen molar-refractivity contribution in [2.75, 3.05) is 12.9 Å². The van der Waals surface area contributed by atoms with E-state index >= 15 is 0 Å². The number of aliphatic hydroxyl groups excluding tert-OH is 1. The molecule has 5 N–H and O–H groups in total. The third-order valence-electron chi connectivity index (χ3n) is 0.514. The van der Waals surface area contributed by atoms with E-state index < -0.39 is 18.0 Å². The quantitative estimate of drug-likeness (QED) is 0.295. The number of aliphatic hydroxyl groups is 1. The maximum Gasteiger partial charge on any atom is 0.321 e. The molecule has 0 aromatic carbocycles. The molecule has 8 heteroatoms. The van der Waals surface area contributed by atoms with Gasteiger partial charge in [0.1, 0.15) is 6.04 Å². The maximum atomic E-state index is 9.76. The van der Waals surface area contributed by atoms with Crippen LogP contribution >= 0.6 is 12.6 Å². The number of rotatable bonds is 2. The summed E-state index contributed by atoms with van der Waals surface area (Å²) in [4.78, 5) is 18.8. The molecule has 0 amide bonds. The van der Waals surface area contributed by atoms with Crippen LogP contribution in [0.25, 0.3) is 0 Å². The Kier molecular flexibility index (Phi) is 31.5. The second-order valence-electron chi connectivity index (χ2n) is 1.65. The smallest absolute Gasteiger partial charge is 0.321 e. The van der Waals surface area contributed by atoms with Gasteiger partial charge in [-0.25, -0.2) is 0 Å². The fourth-order valence-corrected chi connectivity index (χ4v) is 0.234. The summed E-state index contributed by atoms with van der Waals surface area (Å²) < 4.78 is 0. The fourth-order valence-electron chi connectivity index (χ4n) is 0.0781. The number of nitrogens with two attached hydrogens (primary N) is 1. The molecule has 0 aliphatic heterocycles. The number of aliphatic carboxylic acids is 2. The Morgan fingerprint density at radius 3 is 1.57 bits per heavy atom. The molecule has 1 unspecified atom stereocenters. The van der Waals surface area contributed by atoms with E-state index in [1.54, 1.807) is 0 Å².